The predicted octanol–water partition coefficient (Wildman–Crippen LogP) is 1.71. The fourth-order valence-electron chi connectivity index (χ4n) is 2.29. The van der Waals surface area contributed by atoms with E-state index in [-0.39, 0.29) is 5.91 Å². The lowest BCUT2D eigenvalue weighted by Gasteiger charge is -2.26. The minimum Gasteiger partial charge on any atom is -0.493 e. The Balaban J connectivity index is 1.69. The summed E-state index contributed by atoms with van der Waals surface area (Å²) < 4.78 is 15.7. The summed E-state index contributed by atoms with van der Waals surface area (Å²) in [5, 5.41) is 2.88. The summed E-state index contributed by atoms with van der Waals surface area (Å²) in [5.41, 5.74) is 0.710. The van der Waals surface area contributed by atoms with Crippen LogP contribution in [0.3, 0.4) is 0 Å². The number of amides is 1. The second kappa shape index (κ2) is 9.64. The van der Waals surface area contributed by atoms with Gasteiger partial charge in [0.05, 0.1) is 33.2 Å². The minimum atomic E-state index is -0.0100. The molecule has 0 saturated carbocycles. The lowest BCUT2D eigenvalue weighted by Crippen LogP contribution is -2.37. The van der Waals surface area contributed by atoms with Crippen molar-refractivity contribution in [3.05, 3.63) is 18.2 Å². The van der Waals surface area contributed by atoms with E-state index in [2.05, 4.69) is 10.2 Å². The van der Waals surface area contributed by atoms with Crippen LogP contribution in [0.25, 0.3) is 0 Å². The van der Waals surface area contributed by atoms with E-state index in [1.165, 1.54) is 0 Å². The van der Waals surface area contributed by atoms with Crippen LogP contribution in [0.4, 0.5) is 5.69 Å². The van der Waals surface area contributed by atoms with Crippen molar-refractivity contribution in [2.24, 2.45) is 0 Å². The maximum atomic E-state index is 12.0. The van der Waals surface area contributed by atoms with E-state index < -0.39 is 0 Å². The standard InChI is InChI=1S/C16H24N2O4S/c1-20-14-4-3-13(11-15(14)21-2)17-16(19)12-23-10-7-18-5-8-22-9-6-18/h3-4,11H,5-10,12H2,1-2H3,(H,17,19). The van der Waals surface area contributed by atoms with Gasteiger partial charge in [0.25, 0.3) is 0 Å². The van der Waals surface area contributed by atoms with Crippen molar-refractivity contribution < 1.29 is 19.0 Å². The molecule has 0 spiro atoms. The fourth-order valence-corrected chi connectivity index (χ4v) is 3.08. The summed E-state index contributed by atoms with van der Waals surface area (Å²) in [5.74, 6) is 2.62. The molecule has 1 aliphatic heterocycles. The van der Waals surface area contributed by atoms with Crippen LogP contribution >= 0.6 is 11.8 Å². The Labute approximate surface area is 141 Å². The minimum absolute atomic E-state index is 0.0100. The van der Waals surface area contributed by atoms with Crippen molar-refractivity contribution in [1.82, 2.24) is 4.90 Å². The maximum Gasteiger partial charge on any atom is 0.234 e. The van der Waals surface area contributed by atoms with Crippen LogP contribution in [0.5, 0.6) is 11.5 Å². The zero-order valence-electron chi connectivity index (χ0n) is 13.7. The van der Waals surface area contributed by atoms with Crippen molar-refractivity contribution >= 4 is 23.4 Å². The van der Waals surface area contributed by atoms with E-state index in [0.29, 0.717) is 22.9 Å². The van der Waals surface area contributed by atoms with Crippen molar-refractivity contribution in [3.63, 3.8) is 0 Å². The summed E-state index contributed by atoms with van der Waals surface area (Å²) in [6, 6.07) is 5.34. The second-order valence-electron chi connectivity index (χ2n) is 5.12. The molecule has 0 aromatic heterocycles. The average molecular weight is 340 g/mol. The normalized spacial score (nSPS) is 15.2. The quantitative estimate of drug-likeness (QED) is 0.727. The molecule has 1 N–H and O–H groups in total. The van der Waals surface area contributed by atoms with E-state index in [4.69, 9.17) is 14.2 Å². The molecule has 0 atom stereocenters. The van der Waals surface area contributed by atoms with Gasteiger partial charge in [-0.15, -0.1) is 0 Å². The van der Waals surface area contributed by atoms with Crippen LogP contribution in [-0.4, -0.2) is 69.4 Å². The highest BCUT2D eigenvalue weighted by Crippen LogP contribution is 2.29. The third-order valence-electron chi connectivity index (χ3n) is 3.56. The molecule has 128 valence electrons. The summed E-state index contributed by atoms with van der Waals surface area (Å²) in [7, 11) is 3.16. The third-order valence-corrected chi connectivity index (χ3v) is 4.49. The van der Waals surface area contributed by atoms with E-state index in [1.807, 2.05) is 0 Å². The number of anilines is 1. The smallest absolute Gasteiger partial charge is 0.234 e. The largest absolute Gasteiger partial charge is 0.493 e. The summed E-state index contributed by atoms with van der Waals surface area (Å²) in [4.78, 5) is 14.3. The molecule has 1 heterocycles. The van der Waals surface area contributed by atoms with Crippen molar-refractivity contribution in [2.75, 3.05) is 63.9 Å². The van der Waals surface area contributed by atoms with Crippen molar-refractivity contribution in [3.8, 4) is 11.5 Å². The second-order valence-corrected chi connectivity index (χ2v) is 6.23. The molecule has 1 saturated heterocycles. The molecule has 0 radical (unpaired) electrons. The van der Waals surface area contributed by atoms with E-state index >= 15 is 0 Å². The lowest BCUT2D eigenvalue weighted by atomic mass is 10.2. The molecular formula is C16H24N2O4S. The number of rotatable bonds is 8. The van der Waals surface area contributed by atoms with Gasteiger partial charge in [0, 0.05) is 37.1 Å². The van der Waals surface area contributed by atoms with E-state index in [0.717, 1.165) is 38.6 Å². The first kappa shape index (κ1) is 17.9. The van der Waals surface area contributed by atoms with Crippen molar-refractivity contribution in [1.29, 1.82) is 0 Å². The number of carbonyl (C=O) groups is 1. The topological polar surface area (TPSA) is 60.0 Å². The first-order chi connectivity index (χ1) is 11.2. The molecule has 1 fully saturated rings. The Morgan fingerprint density at radius 1 is 1.26 bits per heavy atom. The number of nitrogens with zero attached hydrogens (tertiary/aromatic N) is 1. The van der Waals surface area contributed by atoms with E-state index in [1.54, 1.807) is 44.2 Å². The van der Waals surface area contributed by atoms with Gasteiger partial charge in [-0.3, -0.25) is 9.69 Å². The molecule has 0 unspecified atom stereocenters. The molecule has 2 rings (SSSR count). The third kappa shape index (κ3) is 5.93. The fraction of sp³-hybridized carbons (Fsp3) is 0.562. The Hall–Kier alpha value is -1.44. The number of benzene rings is 1. The highest BCUT2D eigenvalue weighted by atomic mass is 32.2. The zero-order chi connectivity index (χ0) is 16.5. The summed E-state index contributed by atoms with van der Waals surface area (Å²) in [6.07, 6.45) is 0. The van der Waals surface area contributed by atoms with Crippen LogP contribution in [0.15, 0.2) is 18.2 Å². The van der Waals surface area contributed by atoms with Gasteiger partial charge in [0.1, 0.15) is 0 Å². The Morgan fingerprint density at radius 2 is 2.00 bits per heavy atom. The molecule has 23 heavy (non-hydrogen) atoms. The molecule has 1 amide bonds. The van der Waals surface area contributed by atoms with Crippen molar-refractivity contribution in [2.45, 2.75) is 0 Å². The number of hydrogen-bond donors (Lipinski definition) is 1. The number of thioether (sulfide) groups is 1. The predicted molar refractivity (Wildman–Crippen MR) is 92.8 cm³/mol. The van der Waals surface area contributed by atoms with Gasteiger partial charge < -0.3 is 19.5 Å². The van der Waals surface area contributed by atoms with Crippen LogP contribution in [0.1, 0.15) is 0 Å². The van der Waals surface area contributed by atoms with Gasteiger partial charge in [-0.05, 0) is 12.1 Å². The Morgan fingerprint density at radius 3 is 2.70 bits per heavy atom. The van der Waals surface area contributed by atoms with Gasteiger partial charge in [0.15, 0.2) is 11.5 Å². The highest BCUT2D eigenvalue weighted by Gasteiger charge is 2.11. The summed E-state index contributed by atoms with van der Waals surface area (Å²) in [6.45, 7) is 4.59. The molecule has 1 aromatic rings. The first-order valence-corrected chi connectivity index (χ1v) is 8.78. The SMILES string of the molecule is COc1ccc(NC(=O)CSCCN2CCOCC2)cc1OC. The number of hydrogen-bond acceptors (Lipinski definition) is 6. The highest BCUT2D eigenvalue weighted by molar-refractivity contribution is 7.99. The van der Waals surface area contributed by atoms with Gasteiger partial charge in [0.2, 0.25) is 5.91 Å². The molecule has 6 nitrogen and oxygen atoms in total. The number of methoxy groups -OCH3 is 2. The Kier molecular flexibility index (Phi) is 7.51. The Bertz CT molecular complexity index is 507. The van der Waals surface area contributed by atoms with Gasteiger partial charge in [-0.25, -0.2) is 0 Å². The maximum absolute atomic E-state index is 12.0. The lowest BCUT2D eigenvalue weighted by molar-refractivity contribution is -0.113. The number of nitrogens with one attached hydrogen (secondary N) is 1. The van der Waals surface area contributed by atoms with Crippen LogP contribution < -0.4 is 14.8 Å². The zero-order valence-corrected chi connectivity index (χ0v) is 14.5. The van der Waals surface area contributed by atoms with Crippen LogP contribution in [0, 0.1) is 0 Å². The number of carbonyl (C=O) groups excluding carboxylic acids is 1. The van der Waals surface area contributed by atoms with Crippen LogP contribution in [0.2, 0.25) is 0 Å². The molecule has 1 aliphatic rings. The monoisotopic (exact) mass is 340 g/mol. The molecule has 1 aromatic carbocycles. The molecule has 7 heteroatoms. The van der Waals surface area contributed by atoms with Crippen LogP contribution in [-0.2, 0) is 9.53 Å². The molecule has 0 aliphatic carbocycles. The van der Waals surface area contributed by atoms with Gasteiger partial charge >= 0.3 is 0 Å². The molecular weight excluding hydrogens is 316 g/mol. The molecule has 0 bridgehead atoms. The number of morpholine rings is 1. The van der Waals surface area contributed by atoms with Gasteiger partial charge in [-0.1, -0.05) is 0 Å². The first-order valence-electron chi connectivity index (χ1n) is 7.62. The number of ether oxygens (including phenoxy) is 3. The average Bonchev–Trinajstić information content (AvgIpc) is 2.59. The van der Waals surface area contributed by atoms with Gasteiger partial charge in [-0.2, -0.15) is 11.8 Å². The summed E-state index contributed by atoms with van der Waals surface area (Å²) >= 11 is 1.64. The van der Waals surface area contributed by atoms with E-state index in [9.17, 15) is 4.79 Å².